The lowest BCUT2D eigenvalue weighted by molar-refractivity contribution is 0.0465. The summed E-state index contributed by atoms with van der Waals surface area (Å²) in [7, 11) is 1.71. The Balaban J connectivity index is 1.64. The lowest BCUT2D eigenvalue weighted by Crippen LogP contribution is -2.16. The molecule has 1 fully saturated rings. The highest BCUT2D eigenvalue weighted by Gasteiger charge is 2.35. The predicted molar refractivity (Wildman–Crippen MR) is 51.5 cm³/mol. The molecule has 0 spiro atoms. The molecule has 0 amide bonds. The Labute approximate surface area is 79.9 Å². The van der Waals surface area contributed by atoms with Crippen LogP contribution in [0.2, 0.25) is 0 Å². The molecule has 2 aliphatic carbocycles. The van der Waals surface area contributed by atoms with E-state index in [0.717, 1.165) is 37.6 Å². The van der Waals surface area contributed by atoms with Crippen LogP contribution < -0.4 is 0 Å². The second kappa shape index (κ2) is 4.25. The summed E-state index contributed by atoms with van der Waals surface area (Å²) in [6, 6.07) is 0. The summed E-state index contributed by atoms with van der Waals surface area (Å²) < 4.78 is 10.5. The van der Waals surface area contributed by atoms with Gasteiger partial charge in [-0.15, -0.1) is 0 Å². The molecule has 2 bridgehead atoms. The first-order valence-electron chi connectivity index (χ1n) is 5.15. The van der Waals surface area contributed by atoms with Crippen LogP contribution in [-0.2, 0) is 9.47 Å². The second-order valence-electron chi connectivity index (χ2n) is 4.11. The van der Waals surface area contributed by atoms with Gasteiger partial charge in [-0.1, -0.05) is 12.2 Å². The van der Waals surface area contributed by atoms with E-state index >= 15 is 0 Å². The molecule has 3 atom stereocenters. The van der Waals surface area contributed by atoms with Crippen molar-refractivity contribution in [3.05, 3.63) is 12.2 Å². The van der Waals surface area contributed by atoms with Crippen LogP contribution in [-0.4, -0.2) is 26.9 Å². The van der Waals surface area contributed by atoms with Gasteiger partial charge in [-0.05, 0) is 30.6 Å². The average molecular weight is 182 g/mol. The van der Waals surface area contributed by atoms with Gasteiger partial charge in [0.15, 0.2) is 0 Å². The van der Waals surface area contributed by atoms with E-state index in [2.05, 4.69) is 12.2 Å². The first-order valence-corrected chi connectivity index (χ1v) is 5.15. The van der Waals surface area contributed by atoms with Gasteiger partial charge in [0.05, 0.1) is 19.8 Å². The quantitative estimate of drug-likeness (QED) is 0.477. The summed E-state index contributed by atoms with van der Waals surface area (Å²) in [5.41, 5.74) is 0. The van der Waals surface area contributed by atoms with E-state index in [1.807, 2.05) is 0 Å². The van der Waals surface area contributed by atoms with Gasteiger partial charge in [0.1, 0.15) is 0 Å². The van der Waals surface area contributed by atoms with Crippen LogP contribution in [0.15, 0.2) is 12.2 Å². The number of rotatable bonds is 5. The Morgan fingerprint density at radius 1 is 1.23 bits per heavy atom. The van der Waals surface area contributed by atoms with Crippen molar-refractivity contribution in [3.8, 4) is 0 Å². The minimum absolute atomic E-state index is 0.719. The molecule has 0 aliphatic heterocycles. The molecule has 2 rings (SSSR count). The van der Waals surface area contributed by atoms with Crippen molar-refractivity contribution >= 4 is 0 Å². The van der Waals surface area contributed by atoms with E-state index in [-0.39, 0.29) is 0 Å². The molecule has 2 nitrogen and oxygen atoms in total. The fourth-order valence-electron chi connectivity index (χ4n) is 2.46. The van der Waals surface area contributed by atoms with Gasteiger partial charge in [-0.2, -0.15) is 0 Å². The summed E-state index contributed by atoms with van der Waals surface area (Å²) in [5.74, 6) is 2.46. The molecule has 3 unspecified atom stereocenters. The third-order valence-electron chi connectivity index (χ3n) is 3.18. The highest BCUT2D eigenvalue weighted by Crippen LogP contribution is 2.43. The molecule has 0 N–H and O–H groups in total. The van der Waals surface area contributed by atoms with Gasteiger partial charge in [-0.25, -0.2) is 0 Å². The van der Waals surface area contributed by atoms with Crippen LogP contribution in [0.1, 0.15) is 12.8 Å². The lowest BCUT2D eigenvalue weighted by Gasteiger charge is -2.17. The van der Waals surface area contributed by atoms with Crippen molar-refractivity contribution in [2.75, 3.05) is 26.9 Å². The van der Waals surface area contributed by atoms with Gasteiger partial charge in [-0.3, -0.25) is 0 Å². The smallest absolute Gasteiger partial charge is 0.0700 e. The molecule has 0 saturated heterocycles. The van der Waals surface area contributed by atoms with E-state index in [1.165, 1.54) is 12.8 Å². The van der Waals surface area contributed by atoms with Gasteiger partial charge < -0.3 is 9.47 Å². The number of allylic oxidation sites excluding steroid dienone is 2. The maximum Gasteiger partial charge on any atom is 0.0700 e. The molecule has 1 saturated carbocycles. The summed E-state index contributed by atoms with van der Waals surface area (Å²) in [6.07, 6.45) is 7.46. The zero-order valence-corrected chi connectivity index (χ0v) is 8.24. The van der Waals surface area contributed by atoms with Crippen LogP contribution in [0.5, 0.6) is 0 Å². The SMILES string of the molecule is COCCOCC1CC2C=CC1C2. The second-order valence-corrected chi connectivity index (χ2v) is 4.11. The zero-order valence-electron chi connectivity index (χ0n) is 8.24. The van der Waals surface area contributed by atoms with Crippen LogP contribution in [0.4, 0.5) is 0 Å². The van der Waals surface area contributed by atoms with Crippen LogP contribution in [0.25, 0.3) is 0 Å². The van der Waals surface area contributed by atoms with E-state index in [0.29, 0.717) is 0 Å². The molecule has 13 heavy (non-hydrogen) atoms. The monoisotopic (exact) mass is 182 g/mol. The largest absolute Gasteiger partial charge is 0.382 e. The Hall–Kier alpha value is -0.340. The number of hydrogen-bond acceptors (Lipinski definition) is 2. The van der Waals surface area contributed by atoms with E-state index < -0.39 is 0 Å². The molecule has 74 valence electrons. The van der Waals surface area contributed by atoms with Crippen molar-refractivity contribution in [2.24, 2.45) is 17.8 Å². The van der Waals surface area contributed by atoms with Crippen molar-refractivity contribution in [1.29, 1.82) is 0 Å². The number of methoxy groups -OCH3 is 1. The van der Waals surface area contributed by atoms with E-state index in [4.69, 9.17) is 9.47 Å². The summed E-state index contributed by atoms with van der Waals surface area (Å²) >= 11 is 0. The minimum Gasteiger partial charge on any atom is -0.382 e. The van der Waals surface area contributed by atoms with Crippen LogP contribution in [0.3, 0.4) is 0 Å². The molecular formula is C11H18O2. The van der Waals surface area contributed by atoms with Crippen molar-refractivity contribution in [1.82, 2.24) is 0 Å². The van der Waals surface area contributed by atoms with Crippen LogP contribution in [0, 0.1) is 17.8 Å². The van der Waals surface area contributed by atoms with Crippen LogP contribution >= 0.6 is 0 Å². The molecule has 0 aromatic heterocycles. The van der Waals surface area contributed by atoms with E-state index in [9.17, 15) is 0 Å². The Morgan fingerprint density at radius 3 is 2.77 bits per heavy atom. The van der Waals surface area contributed by atoms with Crippen molar-refractivity contribution < 1.29 is 9.47 Å². The predicted octanol–water partition coefficient (Wildman–Crippen LogP) is 1.86. The molecule has 0 heterocycles. The average Bonchev–Trinajstić information content (AvgIpc) is 2.73. The molecule has 2 heteroatoms. The molecule has 2 aliphatic rings. The summed E-state index contributed by atoms with van der Waals surface area (Å²) in [4.78, 5) is 0. The number of ether oxygens (including phenoxy) is 2. The van der Waals surface area contributed by atoms with Gasteiger partial charge in [0.25, 0.3) is 0 Å². The normalized spacial score (nSPS) is 35.9. The molecule has 0 aromatic carbocycles. The minimum atomic E-state index is 0.719. The van der Waals surface area contributed by atoms with Gasteiger partial charge >= 0.3 is 0 Å². The fraction of sp³-hybridized carbons (Fsp3) is 0.818. The van der Waals surface area contributed by atoms with E-state index in [1.54, 1.807) is 7.11 Å². The standard InChI is InChI=1S/C11H18O2/c1-12-4-5-13-8-11-7-9-2-3-10(11)6-9/h2-3,9-11H,4-8H2,1H3. The van der Waals surface area contributed by atoms with Gasteiger partial charge in [0, 0.05) is 7.11 Å². The third-order valence-corrected chi connectivity index (χ3v) is 3.18. The zero-order chi connectivity index (χ0) is 9.10. The first kappa shape index (κ1) is 9.22. The summed E-state index contributed by atoms with van der Waals surface area (Å²) in [6.45, 7) is 2.39. The fourth-order valence-corrected chi connectivity index (χ4v) is 2.46. The summed E-state index contributed by atoms with van der Waals surface area (Å²) in [5, 5.41) is 0. The van der Waals surface area contributed by atoms with Crippen molar-refractivity contribution in [3.63, 3.8) is 0 Å². The Bertz CT molecular complexity index is 189. The van der Waals surface area contributed by atoms with Crippen molar-refractivity contribution in [2.45, 2.75) is 12.8 Å². The van der Waals surface area contributed by atoms with Gasteiger partial charge in [0.2, 0.25) is 0 Å². The third kappa shape index (κ3) is 2.12. The highest BCUT2D eigenvalue weighted by molar-refractivity contribution is 5.09. The topological polar surface area (TPSA) is 18.5 Å². The molecular weight excluding hydrogens is 164 g/mol. The first-order chi connectivity index (χ1) is 6.40. The maximum absolute atomic E-state index is 5.55. The molecule has 0 aromatic rings. The number of fused-ring (bicyclic) bond motifs is 2. The maximum atomic E-state index is 5.55. The highest BCUT2D eigenvalue weighted by atomic mass is 16.5. The molecule has 0 radical (unpaired) electrons. The lowest BCUT2D eigenvalue weighted by atomic mass is 9.95. The number of hydrogen-bond donors (Lipinski definition) is 0. The Kier molecular flexibility index (Phi) is 3.01. The Morgan fingerprint density at radius 2 is 2.15 bits per heavy atom.